The third-order valence-electron chi connectivity index (χ3n) is 3.22. The van der Waals surface area contributed by atoms with E-state index in [0.717, 1.165) is 26.2 Å². The molecule has 19 heavy (non-hydrogen) atoms. The van der Waals surface area contributed by atoms with E-state index in [1.165, 1.54) is 11.1 Å². The summed E-state index contributed by atoms with van der Waals surface area (Å²) in [7, 11) is 0. The molecule has 1 N–H and O–H groups in total. The molecule has 106 valence electrons. The summed E-state index contributed by atoms with van der Waals surface area (Å²) in [5.41, 5.74) is 2.69. The highest BCUT2D eigenvalue weighted by molar-refractivity contribution is 5.22. The molecule has 1 aromatic rings. The van der Waals surface area contributed by atoms with Gasteiger partial charge in [-0.3, -0.25) is 0 Å². The molecule has 0 aliphatic carbocycles. The molecule has 1 aliphatic heterocycles. The minimum Gasteiger partial charge on any atom is -0.379 e. The second-order valence-corrected chi connectivity index (χ2v) is 6.22. The van der Waals surface area contributed by atoms with Gasteiger partial charge in [0.15, 0.2) is 0 Å². The first-order valence-corrected chi connectivity index (χ1v) is 7.05. The van der Waals surface area contributed by atoms with Crippen LogP contribution in [-0.4, -0.2) is 24.9 Å². The van der Waals surface area contributed by atoms with E-state index in [2.05, 4.69) is 50.4 Å². The average Bonchev–Trinajstić information content (AvgIpc) is 2.87. The fourth-order valence-electron chi connectivity index (χ4n) is 1.98. The van der Waals surface area contributed by atoms with Gasteiger partial charge in [-0.1, -0.05) is 24.3 Å². The SMILES string of the molecule is CC(C)(C)NCc1ccc(COC2CCOC2)cc1. The predicted octanol–water partition coefficient (Wildman–Crippen LogP) is 2.88. The molecule has 0 aromatic heterocycles. The molecular formula is C16H25NO2. The Morgan fingerprint density at radius 2 is 1.89 bits per heavy atom. The predicted molar refractivity (Wildman–Crippen MR) is 77.0 cm³/mol. The highest BCUT2D eigenvalue weighted by atomic mass is 16.5. The lowest BCUT2D eigenvalue weighted by atomic mass is 10.1. The molecule has 3 nitrogen and oxygen atoms in total. The van der Waals surface area contributed by atoms with Crippen LogP contribution in [0.25, 0.3) is 0 Å². The third-order valence-corrected chi connectivity index (χ3v) is 3.22. The Bertz CT molecular complexity index is 375. The van der Waals surface area contributed by atoms with E-state index < -0.39 is 0 Å². The Morgan fingerprint density at radius 1 is 1.21 bits per heavy atom. The summed E-state index contributed by atoms with van der Waals surface area (Å²) < 4.78 is 11.1. The van der Waals surface area contributed by atoms with Crippen LogP contribution in [0.2, 0.25) is 0 Å². The van der Waals surface area contributed by atoms with Crippen molar-refractivity contribution in [2.45, 2.75) is 52.0 Å². The molecule has 1 aromatic carbocycles. The van der Waals surface area contributed by atoms with E-state index in [4.69, 9.17) is 9.47 Å². The lowest BCUT2D eigenvalue weighted by Crippen LogP contribution is -2.35. The van der Waals surface area contributed by atoms with E-state index in [9.17, 15) is 0 Å². The lowest BCUT2D eigenvalue weighted by molar-refractivity contribution is 0.0317. The van der Waals surface area contributed by atoms with Crippen molar-refractivity contribution < 1.29 is 9.47 Å². The van der Waals surface area contributed by atoms with Gasteiger partial charge in [0.05, 0.1) is 19.3 Å². The maximum Gasteiger partial charge on any atom is 0.0834 e. The van der Waals surface area contributed by atoms with Crippen LogP contribution in [0, 0.1) is 0 Å². The van der Waals surface area contributed by atoms with E-state index in [1.54, 1.807) is 0 Å². The molecule has 1 aliphatic rings. The molecule has 0 spiro atoms. The molecule has 0 radical (unpaired) electrons. The summed E-state index contributed by atoms with van der Waals surface area (Å²) in [6.45, 7) is 9.70. The topological polar surface area (TPSA) is 30.5 Å². The number of benzene rings is 1. The van der Waals surface area contributed by atoms with Crippen LogP contribution in [0.3, 0.4) is 0 Å². The molecular weight excluding hydrogens is 238 g/mol. The van der Waals surface area contributed by atoms with Crippen LogP contribution < -0.4 is 5.32 Å². The Kier molecular flexibility index (Phi) is 4.97. The molecule has 1 saturated heterocycles. The van der Waals surface area contributed by atoms with Crippen LogP contribution >= 0.6 is 0 Å². The van der Waals surface area contributed by atoms with Crippen molar-refractivity contribution in [2.24, 2.45) is 0 Å². The van der Waals surface area contributed by atoms with Gasteiger partial charge in [-0.15, -0.1) is 0 Å². The van der Waals surface area contributed by atoms with Crippen LogP contribution in [0.4, 0.5) is 0 Å². The maximum absolute atomic E-state index is 5.80. The highest BCUT2D eigenvalue weighted by Gasteiger charge is 2.15. The Morgan fingerprint density at radius 3 is 2.47 bits per heavy atom. The number of hydrogen-bond donors (Lipinski definition) is 1. The smallest absolute Gasteiger partial charge is 0.0834 e. The number of nitrogens with one attached hydrogen (secondary N) is 1. The first kappa shape index (κ1) is 14.5. The third kappa shape index (κ3) is 5.31. The van der Waals surface area contributed by atoms with Gasteiger partial charge >= 0.3 is 0 Å². The second kappa shape index (κ2) is 6.51. The normalized spacial score (nSPS) is 19.8. The van der Waals surface area contributed by atoms with Crippen molar-refractivity contribution in [1.29, 1.82) is 0 Å². The summed E-state index contributed by atoms with van der Waals surface area (Å²) in [6, 6.07) is 8.64. The summed E-state index contributed by atoms with van der Waals surface area (Å²) >= 11 is 0. The van der Waals surface area contributed by atoms with Gasteiger partial charge in [0.1, 0.15) is 0 Å². The zero-order valence-electron chi connectivity index (χ0n) is 12.2. The van der Waals surface area contributed by atoms with E-state index in [-0.39, 0.29) is 11.6 Å². The fourth-order valence-corrected chi connectivity index (χ4v) is 1.98. The van der Waals surface area contributed by atoms with Crippen LogP contribution in [0.1, 0.15) is 38.3 Å². The van der Waals surface area contributed by atoms with Gasteiger partial charge in [-0.05, 0) is 38.3 Å². The Hall–Kier alpha value is -0.900. The Balaban J connectivity index is 1.77. The molecule has 1 heterocycles. The van der Waals surface area contributed by atoms with E-state index in [0.29, 0.717) is 6.61 Å². The molecule has 1 atom stereocenters. The lowest BCUT2D eigenvalue weighted by Gasteiger charge is -2.20. The molecule has 0 amide bonds. The highest BCUT2D eigenvalue weighted by Crippen LogP contribution is 2.12. The number of rotatable bonds is 5. The molecule has 0 bridgehead atoms. The minimum absolute atomic E-state index is 0.157. The Labute approximate surface area is 116 Å². The molecule has 2 rings (SSSR count). The van der Waals surface area contributed by atoms with Crippen molar-refractivity contribution in [3.8, 4) is 0 Å². The molecule has 3 heteroatoms. The average molecular weight is 263 g/mol. The monoisotopic (exact) mass is 263 g/mol. The minimum atomic E-state index is 0.157. The standard InChI is InChI=1S/C16H25NO2/c1-16(2,3)17-10-13-4-6-14(7-5-13)11-19-15-8-9-18-12-15/h4-7,15,17H,8-12H2,1-3H3. The van der Waals surface area contributed by atoms with Crippen molar-refractivity contribution in [3.05, 3.63) is 35.4 Å². The second-order valence-electron chi connectivity index (χ2n) is 6.22. The summed E-state index contributed by atoms with van der Waals surface area (Å²) in [6.07, 6.45) is 1.30. The summed E-state index contributed by atoms with van der Waals surface area (Å²) in [5.74, 6) is 0. The van der Waals surface area contributed by atoms with Gasteiger partial charge in [0.2, 0.25) is 0 Å². The fraction of sp³-hybridized carbons (Fsp3) is 0.625. The van der Waals surface area contributed by atoms with Crippen LogP contribution in [0.5, 0.6) is 0 Å². The first-order valence-electron chi connectivity index (χ1n) is 7.05. The van der Waals surface area contributed by atoms with Gasteiger partial charge < -0.3 is 14.8 Å². The van der Waals surface area contributed by atoms with Gasteiger partial charge in [-0.25, -0.2) is 0 Å². The zero-order chi connectivity index (χ0) is 13.7. The van der Waals surface area contributed by atoms with E-state index in [1.807, 2.05) is 0 Å². The zero-order valence-corrected chi connectivity index (χ0v) is 12.2. The number of ether oxygens (including phenoxy) is 2. The molecule has 1 fully saturated rings. The van der Waals surface area contributed by atoms with Crippen LogP contribution in [-0.2, 0) is 22.6 Å². The van der Waals surface area contributed by atoms with Crippen molar-refractivity contribution >= 4 is 0 Å². The van der Waals surface area contributed by atoms with E-state index >= 15 is 0 Å². The van der Waals surface area contributed by atoms with Gasteiger partial charge in [0, 0.05) is 18.7 Å². The molecule has 1 unspecified atom stereocenters. The summed E-state index contributed by atoms with van der Waals surface area (Å²) in [4.78, 5) is 0. The summed E-state index contributed by atoms with van der Waals surface area (Å²) in [5, 5.41) is 3.49. The van der Waals surface area contributed by atoms with Gasteiger partial charge in [0.25, 0.3) is 0 Å². The quantitative estimate of drug-likeness (QED) is 0.886. The van der Waals surface area contributed by atoms with Crippen LogP contribution in [0.15, 0.2) is 24.3 Å². The maximum atomic E-state index is 5.80. The largest absolute Gasteiger partial charge is 0.379 e. The van der Waals surface area contributed by atoms with Gasteiger partial charge in [-0.2, -0.15) is 0 Å². The van der Waals surface area contributed by atoms with Crippen molar-refractivity contribution in [2.75, 3.05) is 13.2 Å². The van der Waals surface area contributed by atoms with Crippen molar-refractivity contribution in [3.63, 3.8) is 0 Å². The molecule has 0 saturated carbocycles. The van der Waals surface area contributed by atoms with Crippen molar-refractivity contribution in [1.82, 2.24) is 5.32 Å². The first-order chi connectivity index (χ1) is 9.03. The number of hydrogen-bond acceptors (Lipinski definition) is 3.